The van der Waals surface area contributed by atoms with Crippen molar-refractivity contribution in [2.75, 3.05) is 5.75 Å². The normalized spacial score (nSPS) is 18.6. The van der Waals surface area contributed by atoms with Crippen LogP contribution in [0.2, 0.25) is 0 Å². The van der Waals surface area contributed by atoms with E-state index in [9.17, 15) is 19.2 Å². The highest BCUT2D eigenvalue weighted by Crippen LogP contribution is 2.34. The fraction of sp³-hybridized carbons (Fsp3) is 0.316. The number of amides is 4. The summed E-state index contributed by atoms with van der Waals surface area (Å²) >= 11 is 3.99. The standard InChI is InChI=1S/C19H19N5O4S3/c1-4-19(2)16(27)24(17(28)21-19)22-12(25)9-31-18-20-14-13(15(26)23(18)3)10(8-30-14)11-6-5-7-29-11/h5-8H,4,9H2,1-3H3,(H,21,28)(H,22,25). The molecule has 4 heterocycles. The van der Waals surface area contributed by atoms with Crippen molar-refractivity contribution in [2.45, 2.75) is 31.0 Å². The van der Waals surface area contributed by atoms with Crippen LogP contribution in [0, 0.1) is 0 Å². The molecule has 0 bridgehead atoms. The highest BCUT2D eigenvalue weighted by Gasteiger charge is 2.47. The van der Waals surface area contributed by atoms with Gasteiger partial charge in [0.05, 0.1) is 11.1 Å². The van der Waals surface area contributed by atoms with E-state index in [2.05, 4.69) is 15.7 Å². The largest absolute Gasteiger partial charge is 0.344 e. The highest BCUT2D eigenvalue weighted by molar-refractivity contribution is 7.99. The molecule has 3 aromatic rings. The smallest absolute Gasteiger partial charge is 0.322 e. The lowest BCUT2D eigenvalue weighted by molar-refractivity contribution is -0.137. The van der Waals surface area contributed by atoms with Crippen molar-refractivity contribution < 1.29 is 14.4 Å². The van der Waals surface area contributed by atoms with Crippen LogP contribution in [0.15, 0.2) is 32.8 Å². The first-order valence-electron chi connectivity index (χ1n) is 9.36. The number of nitrogens with zero attached hydrogens (tertiary/aromatic N) is 3. The Morgan fingerprint density at radius 3 is 2.74 bits per heavy atom. The number of imide groups is 1. The summed E-state index contributed by atoms with van der Waals surface area (Å²) in [6, 6.07) is 3.22. The zero-order valence-electron chi connectivity index (χ0n) is 16.9. The number of hydrogen-bond donors (Lipinski definition) is 2. The summed E-state index contributed by atoms with van der Waals surface area (Å²) < 4.78 is 1.41. The van der Waals surface area contributed by atoms with Crippen LogP contribution in [-0.2, 0) is 16.6 Å². The summed E-state index contributed by atoms with van der Waals surface area (Å²) in [6.45, 7) is 3.38. The summed E-state index contributed by atoms with van der Waals surface area (Å²) in [7, 11) is 1.61. The third-order valence-electron chi connectivity index (χ3n) is 5.10. The Morgan fingerprint density at radius 2 is 2.10 bits per heavy atom. The molecular weight excluding hydrogens is 458 g/mol. The Labute approximate surface area is 189 Å². The molecule has 1 fully saturated rings. The van der Waals surface area contributed by atoms with Crippen LogP contribution in [-0.4, -0.2) is 43.7 Å². The number of carbonyl (C=O) groups is 3. The molecule has 1 unspecified atom stereocenters. The number of thiophene rings is 2. The van der Waals surface area contributed by atoms with Crippen LogP contribution in [0.3, 0.4) is 0 Å². The zero-order chi connectivity index (χ0) is 22.3. The molecule has 1 aliphatic rings. The van der Waals surface area contributed by atoms with Crippen LogP contribution in [0.1, 0.15) is 20.3 Å². The minimum absolute atomic E-state index is 0.116. The van der Waals surface area contributed by atoms with Gasteiger partial charge in [-0.05, 0) is 24.8 Å². The van der Waals surface area contributed by atoms with E-state index in [1.807, 2.05) is 22.9 Å². The number of carbonyl (C=O) groups excluding carboxylic acids is 3. The van der Waals surface area contributed by atoms with Gasteiger partial charge in [0.2, 0.25) is 5.91 Å². The number of rotatable bonds is 6. The highest BCUT2D eigenvalue weighted by atomic mass is 32.2. The maximum Gasteiger partial charge on any atom is 0.344 e. The minimum atomic E-state index is -1.03. The summed E-state index contributed by atoms with van der Waals surface area (Å²) in [4.78, 5) is 55.9. The molecule has 0 saturated carbocycles. The molecule has 1 aliphatic heterocycles. The Hall–Kier alpha value is -2.70. The molecule has 0 radical (unpaired) electrons. The van der Waals surface area contributed by atoms with E-state index in [0.717, 1.165) is 22.2 Å². The van der Waals surface area contributed by atoms with Crippen LogP contribution >= 0.6 is 34.4 Å². The molecule has 12 heteroatoms. The van der Waals surface area contributed by atoms with Crippen molar-refractivity contribution in [3.8, 4) is 10.4 Å². The van der Waals surface area contributed by atoms with Crippen LogP contribution < -0.4 is 16.3 Å². The summed E-state index contributed by atoms with van der Waals surface area (Å²) in [5.41, 5.74) is 1.97. The van der Waals surface area contributed by atoms with E-state index in [1.54, 1.807) is 32.2 Å². The van der Waals surface area contributed by atoms with E-state index < -0.39 is 23.4 Å². The summed E-state index contributed by atoms with van der Waals surface area (Å²) in [5, 5.41) is 8.07. The first-order chi connectivity index (χ1) is 14.7. The number of hydrogen-bond acceptors (Lipinski definition) is 8. The topological polar surface area (TPSA) is 113 Å². The molecule has 0 aliphatic carbocycles. The third kappa shape index (κ3) is 3.75. The molecule has 0 aromatic carbocycles. The number of thioether (sulfide) groups is 1. The summed E-state index contributed by atoms with van der Waals surface area (Å²) in [6.07, 6.45) is 0.402. The number of nitrogens with one attached hydrogen (secondary N) is 2. The Kier molecular flexibility index (Phi) is 5.62. The van der Waals surface area contributed by atoms with Gasteiger partial charge >= 0.3 is 6.03 Å². The number of urea groups is 1. The van der Waals surface area contributed by atoms with Gasteiger partial charge in [-0.25, -0.2) is 9.78 Å². The van der Waals surface area contributed by atoms with Crippen molar-refractivity contribution in [3.63, 3.8) is 0 Å². The molecule has 1 atom stereocenters. The van der Waals surface area contributed by atoms with E-state index in [1.165, 1.54) is 15.9 Å². The number of aromatic nitrogens is 2. The van der Waals surface area contributed by atoms with E-state index in [4.69, 9.17) is 0 Å². The van der Waals surface area contributed by atoms with Gasteiger partial charge in [0.25, 0.3) is 11.5 Å². The lowest BCUT2D eigenvalue weighted by Gasteiger charge is -2.19. The minimum Gasteiger partial charge on any atom is -0.322 e. The van der Waals surface area contributed by atoms with Crippen LogP contribution in [0.25, 0.3) is 20.7 Å². The fourth-order valence-electron chi connectivity index (χ4n) is 3.11. The second kappa shape index (κ2) is 8.09. The first kappa shape index (κ1) is 21.5. The molecule has 2 N–H and O–H groups in total. The second-order valence-electron chi connectivity index (χ2n) is 7.15. The van der Waals surface area contributed by atoms with Crippen LogP contribution in [0.4, 0.5) is 4.79 Å². The average molecular weight is 478 g/mol. The maximum atomic E-state index is 13.0. The SMILES string of the molecule is CCC1(C)NC(=O)N(NC(=O)CSc2nc3scc(-c4cccs4)c3c(=O)n2C)C1=O. The predicted octanol–water partition coefficient (Wildman–Crippen LogP) is 2.57. The molecule has 162 valence electrons. The van der Waals surface area contributed by atoms with Crippen molar-refractivity contribution in [1.82, 2.24) is 25.3 Å². The van der Waals surface area contributed by atoms with Crippen molar-refractivity contribution in [1.29, 1.82) is 0 Å². The quantitative estimate of drug-likeness (QED) is 0.321. The Morgan fingerprint density at radius 1 is 1.32 bits per heavy atom. The monoisotopic (exact) mass is 477 g/mol. The Balaban J connectivity index is 1.50. The number of hydrazine groups is 1. The Bertz CT molecular complexity index is 1250. The van der Waals surface area contributed by atoms with E-state index in [0.29, 0.717) is 26.8 Å². The van der Waals surface area contributed by atoms with Crippen LogP contribution in [0.5, 0.6) is 0 Å². The van der Waals surface area contributed by atoms with Gasteiger partial charge in [-0.1, -0.05) is 24.8 Å². The van der Waals surface area contributed by atoms with Gasteiger partial charge in [0.1, 0.15) is 10.4 Å². The molecule has 9 nitrogen and oxygen atoms in total. The molecule has 0 spiro atoms. The molecule has 1 saturated heterocycles. The van der Waals surface area contributed by atoms with Gasteiger partial charge in [-0.3, -0.25) is 24.4 Å². The number of fused-ring (bicyclic) bond motifs is 1. The van der Waals surface area contributed by atoms with Crippen molar-refractivity contribution in [3.05, 3.63) is 33.2 Å². The predicted molar refractivity (Wildman–Crippen MR) is 121 cm³/mol. The molecule has 3 aromatic heterocycles. The van der Waals surface area contributed by atoms with Gasteiger partial charge in [-0.2, -0.15) is 5.01 Å². The van der Waals surface area contributed by atoms with Crippen molar-refractivity contribution >= 4 is 62.5 Å². The molecule has 4 rings (SSSR count). The van der Waals surface area contributed by atoms with E-state index in [-0.39, 0.29) is 11.3 Å². The van der Waals surface area contributed by atoms with Gasteiger partial charge in [-0.15, -0.1) is 22.7 Å². The zero-order valence-corrected chi connectivity index (χ0v) is 19.4. The summed E-state index contributed by atoms with van der Waals surface area (Å²) in [5.74, 6) is -1.17. The van der Waals surface area contributed by atoms with E-state index >= 15 is 0 Å². The van der Waals surface area contributed by atoms with Gasteiger partial charge in [0, 0.05) is 22.9 Å². The van der Waals surface area contributed by atoms with Crippen molar-refractivity contribution in [2.24, 2.45) is 7.05 Å². The molecular formula is C19H19N5O4S3. The lowest BCUT2D eigenvalue weighted by atomic mass is 10.00. The van der Waals surface area contributed by atoms with Gasteiger partial charge in [0.15, 0.2) is 5.16 Å². The van der Waals surface area contributed by atoms with Gasteiger partial charge < -0.3 is 5.32 Å². The molecule has 31 heavy (non-hydrogen) atoms. The average Bonchev–Trinajstić information content (AvgIpc) is 3.46. The second-order valence-corrected chi connectivity index (χ2v) is 9.89. The fourth-order valence-corrected chi connectivity index (χ4v) is 5.67. The third-order valence-corrected chi connectivity index (χ3v) is 7.90. The lowest BCUT2D eigenvalue weighted by Crippen LogP contribution is -2.49. The maximum absolute atomic E-state index is 13.0. The molecule has 4 amide bonds. The first-order valence-corrected chi connectivity index (χ1v) is 12.1.